The first-order valence-corrected chi connectivity index (χ1v) is 30.3. The van der Waals surface area contributed by atoms with Crippen LogP contribution in [0.2, 0.25) is 0 Å². The van der Waals surface area contributed by atoms with Crippen LogP contribution in [-0.2, 0) is 20.8 Å². The third-order valence-corrected chi connectivity index (χ3v) is 24.8. The molecule has 0 unspecified atom stereocenters. The monoisotopic (exact) mass is 989 g/mol. The number of allylic oxidation sites excluding steroid dienone is 2. The van der Waals surface area contributed by atoms with Gasteiger partial charge in [0.15, 0.2) is 0 Å². The molecule has 12 aliphatic rings. The molecular weight excluding hydrogens is 893 g/mol. The minimum atomic E-state index is -0.190. The van der Waals surface area contributed by atoms with Crippen LogP contribution in [0.25, 0.3) is 0 Å². The summed E-state index contributed by atoms with van der Waals surface area (Å²) in [6.45, 7) is 21.7. The lowest BCUT2D eigenvalue weighted by Crippen LogP contribution is -2.54. The standard InChI is InChI=1S/C36H51NO4.C28H45NO2/c1-22-16-32-33(37(20-22)34(39)40-21-25-8-6-5-7-9-25)24(3)36(41-32)15-13-28-29-11-10-26-17-27(38)12-14-35(26,4)31(29)18-30(28)23(2)19-36;1-16-11-25-26(29-15-16)18(3)28(31-25)10-8-21-22-6-5-19-12-20(30)7-9-27(19,4)24(22)13-23(21)17(2)14-28/h5-9,22,24,26-29,31-33,38H,10-21H2,1-4H3;16,18-22,24-26,29-30H,5-15H2,1-4H3/t22-,24+,26+,27+,28-,29-,31-,32+,33-,35-,36-;16-,18+,19+,20+,21-,22-,24-,25+,26-,27-,28-/m00/s1. The molecule has 398 valence electrons. The van der Waals surface area contributed by atoms with E-state index in [0.717, 1.165) is 105 Å². The van der Waals surface area contributed by atoms with E-state index in [1.165, 1.54) is 83.5 Å². The number of hydrogen-bond acceptors (Lipinski definition) is 7. The molecule has 6 saturated carbocycles. The molecule has 10 fully saturated rings. The van der Waals surface area contributed by atoms with Gasteiger partial charge in [0.05, 0.1) is 41.7 Å². The minimum absolute atomic E-state index is 0.0387. The Morgan fingerprint density at radius 2 is 1.22 bits per heavy atom. The lowest BCUT2D eigenvalue weighted by atomic mass is 9.52. The van der Waals surface area contributed by atoms with E-state index in [9.17, 15) is 15.0 Å². The van der Waals surface area contributed by atoms with Crippen molar-refractivity contribution in [3.8, 4) is 0 Å². The van der Waals surface area contributed by atoms with Crippen molar-refractivity contribution in [3.63, 3.8) is 0 Å². The number of fused-ring (bicyclic) bond motifs is 12. The predicted octanol–water partition coefficient (Wildman–Crippen LogP) is 13.0. The van der Waals surface area contributed by atoms with Crippen LogP contribution in [-0.4, -0.2) is 82.0 Å². The number of aliphatic hydroxyl groups is 2. The molecule has 22 atom stereocenters. The highest BCUT2D eigenvalue weighted by Crippen LogP contribution is 2.67. The number of aliphatic hydroxyl groups excluding tert-OH is 2. The molecule has 1 aromatic carbocycles. The van der Waals surface area contributed by atoms with E-state index < -0.39 is 0 Å². The third-order valence-electron chi connectivity index (χ3n) is 24.8. The average molecular weight is 989 g/mol. The highest BCUT2D eigenvalue weighted by atomic mass is 16.6. The summed E-state index contributed by atoms with van der Waals surface area (Å²) < 4.78 is 20.1. The van der Waals surface area contributed by atoms with Crippen LogP contribution >= 0.6 is 0 Å². The van der Waals surface area contributed by atoms with Crippen LogP contribution in [0.5, 0.6) is 0 Å². The second kappa shape index (κ2) is 19.0. The van der Waals surface area contributed by atoms with Crippen molar-refractivity contribution in [1.29, 1.82) is 0 Å². The number of nitrogens with zero attached hydrogens (tertiary/aromatic N) is 1. The molecule has 8 nitrogen and oxygen atoms in total. The Kier molecular flexibility index (Phi) is 13.4. The van der Waals surface area contributed by atoms with Crippen molar-refractivity contribution in [3.05, 3.63) is 58.2 Å². The molecular formula is C64H96N2O6. The summed E-state index contributed by atoms with van der Waals surface area (Å²) in [4.78, 5) is 15.5. The number of ether oxygens (including phenoxy) is 3. The zero-order chi connectivity index (χ0) is 50.1. The van der Waals surface area contributed by atoms with Gasteiger partial charge in [0.25, 0.3) is 0 Å². The van der Waals surface area contributed by atoms with Crippen LogP contribution in [0.4, 0.5) is 4.79 Å². The highest BCUT2D eigenvalue weighted by molar-refractivity contribution is 5.68. The summed E-state index contributed by atoms with van der Waals surface area (Å²) in [6.07, 6.45) is 24.0. The van der Waals surface area contributed by atoms with Crippen LogP contribution in [0, 0.1) is 81.8 Å². The number of carbonyl (C=O) groups excluding carboxylic acids is 1. The summed E-state index contributed by atoms with van der Waals surface area (Å²) in [5.41, 5.74) is 8.62. The maximum atomic E-state index is 13.5. The van der Waals surface area contributed by atoms with E-state index in [1.807, 2.05) is 40.8 Å². The van der Waals surface area contributed by atoms with E-state index in [1.54, 1.807) is 16.7 Å². The topological polar surface area (TPSA) is 100 Å². The van der Waals surface area contributed by atoms with Crippen molar-refractivity contribution in [2.24, 2.45) is 81.8 Å². The molecule has 1 amide bonds. The minimum Gasteiger partial charge on any atom is -0.445 e. The van der Waals surface area contributed by atoms with Gasteiger partial charge in [-0.15, -0.1) is 0 Å². The van der Waals surface area contributed by atoms with E-state index >= 15 is 0 Å². The van der Waals surface area contributed by atoms with Gasteiger partial charge in [-0.25, -0.2) is 4.79 Å². The highest BCUT2D eigenvalue weighted by Gasteiger charge is 2.62. The van der Waals surface area contributed by atoms with Gasteiger partial charge in [-0.2, -0.15) is 0 Å². The zero-order valence-electron chi connectivity index (χ0n) is 46.0. The molecule has 2 spiro atoms. The van der Waals surface area contributed by atoms with Crippen molar-refractivity contribution in [2.75, 3.05) is 13.1 Å². The molecule has 13 rings (SSSR count). The summed E-state index contributed by atoms with van der Waals surface area (Å²) in [7, 11) is 0. The Balaban J connectivity index is 0.000000153. The maximum Gasteiger partial charge on any atom is 0.410 e. The number of amides is 1. The molecule has 72 heavy (non-hydrogen) atoms. The van der Waals surface area contributed by atoms with Crippen LogP contribution in [0.3, 0.4) is 0 Å². The largest absolute Gasteiger partial charge is 0.445 e. The number of rotatable bonds is 2. The van der Waals surface area contributed by atoms with Gasteiger partial charge >= 0.3 is 6.09 Å². The fourth-order valence-electron chi connectivity index (χ4n) is 20.8. The number of carbonyl (C=O) groups is 1. The number of nitrogens with one attached hydrogen (secondary N) is 1. The van der Waals surface area contributed by atoms with E-state index in [-0.39, 0.29) is 47.6 Å². The maximum absolute atomic E-state index is 13.5. The number of hydrogen-bond donors (Lipinski definition) is 3. The van der Waals surface area contributed by atoms with Gasteiger partial charge in [0.1, 0.15) is 6.61 Å². The van der Waals surface area contributed by atoms with Crippen LogP contribution in [0.1, 0.15) is 189 Å². The van der Waals surface area contributed by atoms with E-state index in [0.29, 0.717) is 53.3 Å². The van der Waals surface area contributed by atoms with Gasteiger partial charge in [0, 0.05) is 24.4 Å². The van der Waals surface area contributed by atoms with Crippen LogP contribution < -0.4 is 5.32 Å². The molecule has 8 heteroatoms. The lowest BCUT2D eigenvalue weighted by Gasteiger charge is -2.53. The van der Waals surface area contributed by atoms with Crippen molar-refractivity contribution in [2.45, 2.75) is 238 Å². The van der Waals surface area contributed by atoms with Crippen LogP contribution in [0.15, 0.2) is 52.6 Å². The molecule has 0 aromatic heterocycles. The van der Waals surface area contributed by atoms with Gasteiger partial charge in [-0.05, 0) is 224 Å². The summed E-state index contributed by atoms with van der Waals surface area (Å²) >= 11 is 0. The fourth-order valence-corrected chi connectivity index (χ4v) is 20.8. The van der Waals surface area contributed by atoms with E-state index in [2.05, 4.69) is 60.7 Å². The summed E-state index contributed by atoms with van der Waals surface area (Å²) in [5, 5.41) is 24.6. The Hall–Kier alpha value is -2.23. The Morgan fingerprint density at radius 1 is 0.681 bits per heavy atom. The molecule has 4 aliphatic heterocycles. The first-order chi connectivity index (χ1) is 34.5. The Labute approximate surface area is 435 Å². The van der Waals surface area contributed by atoms with Gasteiger partial charge < -0.3 is 34.6 Å². The second-order valence-corrected chi connectivity index (χ2v) is 28.4. The molecule has 4 saturated heterocycles. The Bertz CT molecular complexity index is 2250. The molecule has 3 N–H and O–H groups in total. The normalized spacial score (nSPS) is 50.3. The lowest BCUT2D eigenvalue weighted by molar-refractivity contribution is -0.0832. The quantitative estimate of drug-likeness (QED) is 0.254. The van der Waals surface area contributed by atoms with Gasteiger partial charge in [-0.1, -0.05) is 94.2 Å². The van der Waals surface area contributed by atoms with Crippen molar-refractivity contribution >= 4 is 6.09 Å². The van der Waals surface area contributed by atoms with Gasteiger partial charge in [-0.3, -0.25) is 0 Å². The van der Waals surface area contributed by atoms with Crippen molar-refractivity contribution in [1.82, 2.24) is 10.2 Å². The SMILES string of the molecule is CC1=C2C[C@H]3[C@@H](CC[C@@H]4C[C@H](O)CC[C@@]43C)[C@@H]2CC[C@@]2(C1)O[C@@H]1C[C@H](C)CN(C(=O)OCc3ccccc3)[C@H]1[C@H]2C.CC1=C2C[C@H]3[C@@H](CC[C@@H]4C[C@H](O)CC[C@@]43C)[C@@H]2CC[C@@]2(C1)O[C@@H]1C[C@H](C)CN[C@H]1[C@H]2C. The third kappa shape index (κ3) is 8.39. The summed E-state index contributed by atoms with van der Waals surface area (Å²) in [5.74, 6) is 8.27. The van der Waals surface area contributed by atoms with Gasteiger partial charge in [0.2, 0.25) is 0 Å². The number of piperidine rings is 2. The first kappa shape index (κ1) is 50.6. The smallest absolute Gasteiger partial charge is 0.410 e. The Morgan fingerprint density at radius 3 is 1.81 bits per heavy atom. The second-order valence-electron chi connectivity index (χ2n) is 28.4. The average Bonchev–Trinajstić information content (AvgIpc) is 4.03. The molecule has 4 heterocycles. The zero-order valence-corrected chi connectivity index (χ0v) is 46.0. The van der Waals surface area contributed by atoms with Crippen molar-refractivity contribution < 1.29 is 29.2 Å². The molecule has 0 bridgehead atoms. The molecule has 0 radical (unpaired) electrons. The predicted molar refractivity (Wildman–Crippen MR) is 285 cm³/mol. The fraction of sp³-hybridized carbons (Fsp3) is 0.828. The number of benzene rings is 1. The molecule has 8 aliphatic carbocycles. The summed E-state index contributed by atoms with van der Waals surface area (Å²) in [6, 6.07) is 10.6. The first-order valence-electron chi connectivity index (χ1n) is 30.3. The van der Waals surface area contributed by atoms with E-state index in [4.69, 9.17) is 14.2 Å². The molecule has 1 aromatic rings. The number of likely N-dealkylation sites (tertiary alicyclic amines) is 1.